The van der Waals surface area contributed by atoms with Gasteiger partial charge in [-0.15, -0.1) is 0 Å². The van der Waals surface area contributed by atoms with Gasteiger partial charge in [-0.1, -0.05) is 0 Å². The molecule has 0 spiro atoms. The molecular formula is C15H21FN2O10. The molecule has 158 valence electrons. The molecule has 3 rings (SSSR count). The normalized spacial score (nSPS) is 38.6. The molecule has 28 heavy (non-hydrogen) atoms. The van der Waals surface area contributed by atoms with Crippen LogP contribution in [0.2, 0.25) is 0 Å². The Labute approximate surface area is 156 Å². The Morgan fingerprint density at radius 1 is 1.14 bits per heavy atom. The molecule has 13 heteroatoms. The molecular weight excluding hydrogens is 387 g/mol. The highest BCUT2D eigenvalue weighted by atomic mass is 19.1. The predicted octanol–water partition coefficient (Wildman–Crippen LogP) is -3.86. The van der Waals surface area contributed by atoms with E-state index in [0.29, 0.717) is 6.20 Å². The number of nitrogens with one attached hydrogen (secondary N) is 1. The molecule has 6 N–H and O–H groups in total. The molecule has 4 unspecified atom stereocenters. The second-order valence-corrected chi connectivity index (χ2v) is 6.61. The number of aromatic nitrogens is 2. The lowest BCUT2D eigenvalue weighted by Gasteiger charge is -2.39. The zero-order valence-corrected chi connectivity index (χ0v) is 14.4. The molecule has 8 atom stereocenters. The topological polar surface area (TPSA) is 184 Å². The standard InChI is InChI=1S/C15H21FN2O10/c16-5-2-18(15(25)17-13(5)24)9-1-6(20)8(27-9)4-26-14-12(23)11(22)10(21)7(3-19)28-14/h2,6-12,14,19-23H,1,3-4H2,(H,17,24,25)/t6-,7?,8+,9+,10?,11?,12?,14+/m0/s1. The van der Waals surface area contributed by atoms with Crippen LogP contribution in [0.15, 0.2) is 15.8 Å². The van der Waals surface area contributed by atoms with Crippen LogP contribution in [0.1, 0.15) is 12.6 Å². The van der Waals surface area contributed by atoms with Crippen molar-refractivity contribution >= 4 is 0 Å². The number of hydrogen-bond donors (Lipinski definition) is 6. The molecule has 2 fully saturated rings. The Kier molecular flexibility index (Phi) is 6.26. The van der Waals surface area contributed by atoms with Crippen LogP contribution in [0.3, 0.4) is 0 Å². The predicted molar refractivity (Wildman–Crippen MR) is 85.5 cm³/mol. The monoisotopic (exact) mass is 408 g/mol. The highest BCUT2D eigenvalue weighted by molar-refractivity contribution is 4.92. The summed E-state index contributed by atoms with van der Waals surface area (Å²) in [5.41, 5.74) is -2.10. The molecule has 0 radical (unpaired) electrons. The van der Waals surface area contributed by atoms with E-state index < -0.39 is 72.8 Å². The molecule has 0 saturated carbocycles. The van der Waals surface area contributed by atoms with Gasteiger partial charge in [0.2, 0.25) is 5.82 Å². The first kappa shape index (κ1) is 21.0. The van der Waals surface area contributed by atoms with E-state index in [1.165, 1.54) is 0 Å². The smallest absolute Gasteiger partial charge is 0.330 e. The van der Waals surface area contributed by atoms with Gasteiger partial charge >= 0.3 is 5.69 Å². The van der Waals surface area contributed by atoms with Crippen LogP contribution in [0.25, 0.3) is 0 Å². The minimum absolute atomic E-state index is 0.103. The fourth-order valence-electron chi connectivity index (χ4n) is 3.11. The van der Waals surface area contributed by atoms with Crippen molar-refractivity contribution < 1.29 is 44.1 Å². The van der Waals surface area contributed by atoms with Gasteiger partial charge in [-0.2, -0.15) is 4.39 Å². The number of rotatable bonds is 5. The lowest BCUT2D eigenvalue weighted by molar-refractivity contribution is -0.306. The van der Waals surface area contributed by atoms with Gasteiger partial charge in [0.1, 0.15) is 36.7 Å². The van der Waals surface area contributed by atoms with E-state index in [4.69, 9.17) is 19.3 Å². The average Bonchev–Trinajstić information content (AvgIpc) is 3.02. The number of hydrogen-bond acceptors (Lipinski definition) is 10. The van der Waals surface area contributed by atoms with Crippen LogP contribution in [0.4, 0.5) is 4.39 Å². The van der Waals surface area contributed by atoms with Crippen LogP contribution in [0.5, 0.6) is 0 Å². The van der Waals surface area contributed by atoms with Crippen LogP contribution in [0, 0.1) is 5.82 Å². The molecule has 2 aliphatic rings. The Balaban J connectivity index is 1.64. The third-order valence-electron chi connectivity index (χ3n) is 4.71. The Hall–Kier alpha value is -1.71. The van der Waals surface area contributed by atoms with Gasteiger partial charge in [0.15, 0.2) is 6.29 Å². The SMILES string of the molecule is O=c1[nH]c(=O)n([C@H]2C[C@H](O)[C@@H](CO[C@@H]3OC(CO)C(O)C(O)C3O)O2)cc1F. The third kappa shape index (κ3) is 4.01. The second-order valence-electron chi connectivity index (χ2n) is 6.61. The Bertz CT molecular complexity index is 798. The van der Waals surface area contributed by atoms with Crippen molar-refractivity contribution in [2.75, 3.05) is 13.2 Å². The summed E-state index contributed by atoms with van der Waals surface area (Å²) in [5.74, 6) is -1.20. The van der Waals surface area contributed by atoms with E-state index in [0.717, 1.165) is 4.57 Å². The molecule has 1 aromatic heterocycles. The van der Waals surface area contributed by atoms with Gasteiger partial charge in [0.25, 0.3) is 5.56 Å². The summed E-state index contributed by atoms with van der Waals surface area (Å²) in [6, 6.07) is 0. The van der Waals surface area contributed by atoms with Gasteiger partial charge in [0.05, 0.1) is 25.5 Å². The van der Waals surface area contributed by atoms with Gasteiger partial charge in [-0.25, -0.2) is 4.79 Å². The average molecular weight is 408 g/mol. The lowest BCUT2D eigenvalue weighted by Crippen LogP contribution is -2.59. The fraction of sp³-hybridized carbons (Fsp3) is 0.733. The van der Waals surface area contributed by atoms with Gasteiger partial charge < -0.3 is 39.7 Å². The first-order chi connectivity index (χ1) is 13.2. The van der Waals surface area contributed by atoms with Crippen LogP contribution < -0.4 is 11.2 Å². The summed E-state index contributed by atoms with van der Waals surface area (Å²) < 4.78 is 30.1. The Morgan fingerprint density at radius 3 is 2.54 bits per heavy atom. The maximum atomic E-state index is 13.4. The van der Waals surface area contributed by atoms with E-state index in [1.807, 2.05) is 0 Å². The highest BCUT2D eigenvalue weighted by Crippen LogP contribution is 2.29. The summed E-state index contributed by atoms with van der Waals surface area (Å²) in [6.07, 6.45) is -10.0. The number of aliphatic hydroxyl groups is 5. The number of aliphatic hydroxyl groups excluding tert-OH is 5. The zero-order chi connectivity index (χ0) is 20.6. The van der Waals surface area contributed by atoms with Gasteiger partial charge in [0, 0.05) is 6.42 Å². The molecule has 0 bridgehead atoms. The van der Waals surface area contributed by atoms with Crippen molar-refractivity contribution in [1.29, 1.82) is 0 Å². The van der Waals surface area contributed by atoms with Crippen LogP contribution in [-0.2, 0) is 14.2 Å². The van der Waals surface area contributed by atoms with Crippen molar-refractivity contribution in [3.8, 4) is 0 Å². The number of nitrogens with zero attached hydrogens (tertiary/aromatic N) is 1. The second kappa shape index (κ2) is 8.34. The molecule has 2 saturated heterocycles. The van der Waals surface area contributed by atoms with Crippen molar-refractivity contribution in [3.63, 3.8) is 0 Å². The molecule has 0 amide bonds. The first-order valence-electron chi connectivity index (χ1n) is 8.49. The van der Waals surface area contributed by atoms with Crippen molar-refractivity contribution in [1.82, 2.24) is 9.55 Å². The third-order valence-corrected chi connectivity index (χ3v) is 4.71. The molecule has 2 aliphatic heterocycles. The van der Waals surface area contributed by atoms with E-state index in [2.05, 4.69) is 0 Å². The van der Waals surface area contributed by atoms with Crippen LogP contribution in [-0.4, -0.2) is 91.2 Å². The van der Waals surface area contributed by atoms with Gasteiger partial charge in [-0.05, 0) is 0 Å². The summed E-state index contributed by atoms with van der Waals surface area (Å²) in [5, 5.41) is 48.6. The van der Waals surface area contributed by atoms with Gasteiger partial charge in [-0.3, -0.25) is 14.3 Å². The quantitative estimate of drug-likeness (QED) is 0.282. The molecule has 0 aliphatic carbocycles. The lowest BCUT2D eigenvalue weighted by atomic mass is 9.99. The maximum Gasteiger partial charge on any atom is 0.330 e. The number of H-pyrrole nitrogens is 1. The number of ether oxygens (including phenoxy) is 3. The zero-order valence-electron chi connectivity index (χ0n) is 14.4. The summed E-state index contributed by atoms with van der Waals surface area (Å²) >= 11 is 0. The molecule has 0 aromatic carbocycles. The minimum Gasteiger partial charge on any atom is -0.394 e. The van der Waals surface area contributed by atoms with E-state index in [-0.39, 0.29) is 13.0 Å². The van der Waals surface area contributed by atoms with Crippen LogP contribution >= 0.6 is 0 Å². The van der Waals surface area contributed by atoms with E-state index in [1.54, 1.807) is 4.98 Å². The van der Waals surface area contributed by atoms with E-state index in [9.17, 15) is 34.4 Å². The maximum absolute atomic E-state index is 13.4. The Morgan fingerprint density at radius 2 is 1.86 bits per heavy atom. The summed E-state index contributed by atoms with van der Waals surface area (Å²) in [7, 11) is 0. The molecule has 3 heterocycles. The fourth-order valence-corrected chi connectivity index (χ4v) is 3.11. The molecule has 1 aromatic rings. The van der Waals surface area contributed by atoms with Crippen molar-refractivity contribution in [2.24, 2.45) is 0 Å². The molecule has 12 nitrogen and oxygen atoms in total. The summed E-state index contributed by atoms with van der Waals surface area (Å²) in [6.45, 7) is -0.975. The van der Waals surface area contributed by atoms with Crippen molar-refractivity contribution in [3.05, 3.63) is 32.9 Å². The number of aromatic amines is 1. The minimum atomic E-state index is -1.62. The number of halogens is 1. The first-order valence-corrected chi connectivity index (χ1v) is 8.49. The highest BCUT2D eigenvalue weighted by Gasteiger charge is 2.45. The summed E-state index contributed by atoms with van der Waals surface area (Å²) in [4.78, 5) is 24.7. The van der Waals surface area contributed by atoms with E-state index >= 15 is 0 Å². The van der Waals surface area contributed by atoms with Crippen molar-refractivity contribution in [2.45, 2.75) is 55.6 Å². The largest absolute Gasteiger partial charge is 0.394 e.